The SMILES string of the molecule is CCC(C)n1ccc(CNc2ccc(Br)c(Cl)c2Cl)n1. The molecule has 6 heteroatoms. The number of halogens is 3. The number of benzene rings is 1. The van der Waals surface area contributed by atoms with Gasteiger partial charge in [0, 0.05) is 16.7 Å². The second kappa shape index (κ2) is 6.83. The third-order valence-electron chi connectivity index (χ3n) is 3.20. The molecule has 1 N–H and O–H groups in total. The van der Waals surface area contributed by atoms with Gasteiger partial charge in [0.1, 0.15) is 0 Å². The molecule has 1 aromatic carbocycles. The lowest BCUT2D eigenvalue weighted by Gasteiger charge is -2.10. The number of aromatic nitrogens is 2. The lowest BCUT2D eigenvalue weighted by atomic mass is 10.3. The fourth-order valence-corrected chi connectivity index (χ4v) is 2.59. The van der Waals surface area contributed by atoms with Gasteiger partial charge in [-0.1, -0.05) is 30.1 Å². The molecule has 0 radical (unpaired) electrons. The molecular weight excluding hydrogens is 361 g/mol. The first kappa shape index (κ1) is 15.7. The van der Waals surface area contributed by atoms with E-state index in [1.54, 1.807) is 0 Å². The molecule has 2 rings (SSSR count). The Bertz CT molecular complexity index is 598. The molecule has 0 aliphatic heterocycles. The standard InChI is InChI=1S/C14H16BrCl2N3/c1-3-9(2)20-7-6-10(19-20)8-18-12-5-4-11(15)13(16)14(12)17/h4-7,9,18H,3,8H2,1-2H3. The highest BCUT2D eigenvalue weighted by Gasteiger charge is 2.09. The van der Waals surface area contributed by atoms with Gasteiger partial charge in [-0.15, -0.1) is 0 Å². The van der Waals surface area contributed by atoms with Crippen LogP contribution >= 0.6 is 39.1 Å². The average molecular weight is 377 g/mol. The van der Waals surface area contributed by atoms with Crippen molar-refractivity contribution in [3.05, 3.63) is 44.6 Å². The maximum absolute atomic E-state index is 6.19. The molecule has 0 amide bonds. The van der Waals surface area contributed by atoms with E-state index in [4.69, 9.17) is 23.2 Å². The normalized spacial score (nSPS) is 12.4. The minimum absolute atomic E-state index is 0.412. The fourth-order valence-electron chi connectivity index (χ4n) is 1.75. The Kier molecular flexibility index (Phi) is 5.35. The van der Waals surface area contributed by atoms with Crippen LogP contribution in [0.25, 0.3) is 0 Å². The molecule has 0 bridgehead atoms. The predicted molar refractivity (Wildman–Crippen MR) is 88.7 cm³/mol. The van der Waals surface area contributed by atoms with Crippen molar-refractivity contribution < 1.29 is 0 Å². The smallest absolute Gasteiger partial charge is 0.0835 e. The first-order chi connectivity index (χ1) is 9.52. The summed E-state index contributed by atoms with van der Waals surface area (Å²) in [5.41, 5.74) is 1.78. The highest BCUT2D eigenvalue weighted by Crippen LogP contribution is 2.35. The van der Waals surface area contributed by atoms with E-state index < -0.39 is 0 Å². The summed E-state index contributed by atoms with van der Waals surface area (Å²) >= 11 is 15.6. The summed E-state index contributed by atoms with van der Waals surface area (Å²) in [6.45, 7) is 4.91. The third-order valence-corrected chi connectivity index (χ3v) is 4.97. The molecule has 108 valence electrons. The first-order valence-electron chi connectivity index (χ1n) is 6.44. The van der Waals surface area contributed by atoms with Gasteiger partial charge in [0.2, 0.25) is 0 Å². The number of anilines is 1. The number of rotatable bonds is 5. The van der Waals surface area contributed by atoms with Gasteiger partial charge >= 0.3 is 0 Å². The Morgan fingerprint density at radius 1 is 1.30 bits per heavy atom. The van der Waals surface area contributed by atoms with Crippen molar-refractivity contribution in [2.45, 2.75) is 32.9 Å². The zero-order chi connectivity index (χ0) is 14.7. The Hall–Kier alpha value is -0.710. The Balaban J connectivity index is 2.06. The summed E-state index contributed by atoms with van der Waals surface area (Å²) < 4.78 is 2.77. The molecule has 0 fully saturated rings. The maximum atomic E-state index is 6.19. The molecule has 1 heterocycles. The van der Waals surface area contributed by atoms with Gasteiger partial charge in [0.25, 0.3) is 0 Å². The van der Waals surface area contributed by atoms with E-state index in [-0.39, 0.29) is 0 Å². The van der Waals surface area contributed by atoms with E-state index in [9.17, 15) is 0 Å². The van der Waals surface area contributed by atoms with Crippen LogP contribution in [-0.2, 0) is 6.54 Å². The highest BCUT2D eigenvalue weighted by atomic mass is 79.9. The average Bonchev–Trinajstić information content (AvgIpc) is 2.92. The van der Waals surface area contributed by atoms with Gasteiger partial charge in [-0.25, -0.2) is 0 Å². The molecular formula is C14H16BrCl2N3. The minimum atomic E-state index is 0.412. The molecule has 2 aromatic rings. The van der Waals surface area contributed by atoms with Crippen molar-refractivity contribution in [3.63, 3.8) is 0 Å². The number of nitrogens with zero attached hydrogens (tertiary/aromatic N) is 2. The van der Waals surface area contributed by atoms with Crippen LogP contribution in [0.4, 0.5) is 5.69 Å². The Morgan fingerprint density at radius 2 is 2.05 bits per heavy atom. The molecule has 0 saturated carbocycles. The topological polar surface area (TPSA) is 29.9 Å². The van der Waals surface area contributed by atoms with E-state index in [1.165, 1.54) is 0 Å². The maximum Gasteiger partial charge on any atom is 0.0835 e. The van der Waals surface area contributed by atoms with Crippen molar-refractivity contribution in [1.82, 2.24) is 9.78 Å². The van der Waals surface area contributed by atoms with Crippen molar-refractivity contribution in [1.29, 1.82) is 0 Å². The van der Waals surface area contributed by atoms with E-state index in [2.05, 4.69) is 40.2 Å². The Labute approximate surface area is 137 Å². The first-order valence-corrected chi connectivity index (χ1v) is 7.99. The van der Waals surface area contributed by atoms with Crippen LogP contribution in [0.2, 0.25) is 10.0 Å². The quantitative estimate of drug-likeness (QED) is 0.694. The van der Waals surface area contributed by atoms with Gasteiger partial charge in [0.05, 0.1) is 28.0 Å². The fraction of sp³-hybridized carbons (Fsp3) is 0.357. The molecule has 1 atom stereocenters. The van der Waals surface area contributed by atoms with Crippen LogP contribution in [0.3, 0.4) is 0 Å². The van der Waals surface area contributed by atoms with Gasteiger partial charge in [-0.05, 0) is 47.5 Å². The summed E-state index contributed by atoms with van der Waals surface area (Å²) in [5.74, 6) is 0. The zero-order valence-corrected chi connectivity index (χ0v) is 14.4. The molecule has 0 aliphatic rings. The largest absolute Gasteiger partial charge is 0.378 e. The summed E-state index contributed by atoms with van der Waals surface area (Å²) in [7, 11) is 0. The van der Waals surface area contributed by atoms with Crippen LogP contribution in [0.5, 0.6) is 0 Å². The van der Waals surface area contributed by atoms with E-state index in [1.807, 2.05) is 29.1 Å². The van der Waals surface area contributed by atoms with Gasteiger partial charge in [-0.2, -0.15) is 5.10 Å². The third kappa shape index (κ3) is 3.48. The van der Waals surface area contributed by atoms with Crippen LogP contribution < -0.4 is 5.32 Å². The Morgan fingerprint density at radius 3 is 2.75 bits per heavy atom. The monoisotopic (exact) mass is 375 g/mol. The summed E-state index contributed by atoms with van der Waals surface area (Å²) in [4.78, 5) is 0. The molecule has 0 spiro atoms. The summed E-state index contributed by atoms with van der Waals surface area (Å²) in [6.07, 6.45) is 3.06. The van der Waals surface area contributed by atoms with E-state index in [0.29, 0.717) is 22.6 Å². The van der Waals surface area contributed by atoms with Crippen molar-refractivity contribution in [3.8, 4) is 0 Å². The van der Waals surface area contributed by atoms with Crippen molar-refractivity contribution in [2.24, 2.45) is 0 Å². The predicted octanol–water partition coefficient (Wildman–Crippen LogP) is 5.54. The van der Waals surface area contributed by atoms with Crippen LogP contribution in [-0.4, -0.2) is 9.78 Å². The van der Waals surface area contributed by atoms with E-state index >= 15 is 0 Å². The molecule has 0 aliphatic carbocycles. The van der Waals surface area contributed by atoms with Crippen LogP contribution in [0, 0.1) is 0 Å². The number of hydrogen-bond donors (Lipinski definition) is 1. The van der Waals surface area contributed by atoms with Crippen LogP contribution in [0.15, 0.2) is 28.9 Å². The molecule has 1 aromatic heterocycles. The minimum Gasteiger partial charge on any atom is -0.378 e. The van der Waals surface area contributed by atoms with Gasteiger partial charge in [0.15, 0.2) is 0 Å². The molecule has 0 saturated heterocycles. The van der Waals surface area contributed by atoms with Crippen molar-refractivity contribution in [2.75, 3.05) is 5.32 Å². The van der Waals surface area contributed by atoms with Gasteiger partial charge < -0.3 is 5.32 Å². The van der Waals surface area contributed by atoms with Gasteiger partial charge in [-0.3, -0.25) is 4.68 Å². The second-order valence-corrected chi connectivity index (χ2v) is 6.23. The van der Waals surface area contributed by atoms with Crippen LogP contribution in [0.1, 0.15) is 32.0 Å². The number of hydrogen-bond acceptors (Lipinski definition) is 2. The highest BCUT2D eigenvalue weighted by molar-refractivity contribution is 9.10. The lowest BCUT2D eigenvalue weighted by molar-refractivity contribution is 0.474. The van der Waals surface area contributed by atoms with Crippen molar-refractivity contribution >= 4 is 44.8 Å². The summed E-state index contributed by atoms with van der Waals surface area (Å²) in [6, 6.07) is 6.18. The van der Waals surface area contributed by atoms with E-state index in [0.717, 1.165) is 22.3 Å². The lowest BCUT2D eigenvalue weighted by Crippen LogP contribution is -2.06. The molecule has 3 nitrogen and oxygen atoms in total. The zero-order valence-electron chi connectivity index (χ0n) is 11.3. The summed E-state index contributed by atoms with van der Waals surface area (Å²) in [5, 5.41) is 8.82. The number of nitrogens with one attached hydrogen (secondary N) is 1. The molecule has 20 heavy (non-hydrogen) atoms. The molecule has 1 unspecified atom stereocenters. The second-order valence-electron chi connectivity index (χ2n) is 4.62.